The predicted molar refractivity (Wildman–Crippen MR) is 62.5 cm³/mol. The highest BCUT2D eigenvalue weighted by molar-refractivity contribution is 5.74. The standard InChI is InChI=1S/C13H14O4/c1-2-3-6-16-10-5-4-9-7-12(13(14)15)17-11(9)8-10/h2,4-5,8,12H,1,3,6-7H2,(H,14,15). The maximum absolute atomic E-state index is 10.8. The zero-order chi connectivity index (χ0) is 12.3. The average Bonchev–Trinajstić information content (AvgIpc) is 2.72. The molecule has 1 aromatic rings. The number of carbonyl (C=O) groups is 1. The van der Waals surface area contributed by atoms with Gasteiger partial charge in [-0.05, 0) is 18.1 Å². The van der Waals surface area contributed by atoms with Gasteiger partial charge in [0.25, 0.3) is 0 Å². The molecule has 0 fully saturated rings. The number of fused-ring (bicyclic) bond motifs is 1. The third kappa shape index (κ3) is 2.58. The molecule has 1 N–H and O–H groups in total. The third-order valence-corrected chi connectivity index (χ3v) is 2.58. The van der Waals surface area contributed by atoms with Crippen LogP contribution in [-0.4, -0.2) is 23.8 Å². The topological polar surface area (TPSA) is 55.8 Å². The maximum Gasteiger partial charge on any atom is 0.345 e. The first-order valence-electron chi connectivity index (χ1n) is 5.47. The lowest BCUT2D eigenvalue weighted by Crippen LogP contribution is -2.24. The summed E-state index contributed by atoms with van der Waals surface area (Å²) < 4.78 is 10.8. The van der Waals surface area contributed by atoms with E-state index < -0.39 is 12.1 Å². The van der Waals surface area contributed by atoms with Crippen LogP contribution in [0.3, 0.4) is 0 Å². The number of hydrogen-bond donors (Lipinski definition) is 1. The number of aliphatic carboxylic acids is 1. The van der Waals surface area contributed by atoms with Crippen LogP contribution in [0.5, 0.6) is 11.5 Å². The van der Waals surface area contributed by atoms with Crippen molar-refractivity contribution in [1.82, 2.24) is 0 Å². The van der Waals surface area contributed by atoms with Crippen LogP contribution in [0.25, 0.3) is 0 Å². The van der Waals surface area contributed by atoms with E-state index in [1.54, 1.807) is 12.1 Å². The Morgan fingerprint density at radius 3 is 3.18 bits per heavy atom. The summed E-state index contributed by atoms with van der Waals surface area (Å²) in [6.07, 6.45) is 2.20. The van der Waals surface area contributed by atoms with Gasteiger partial charge >= 0.3 is 5.97 Å². The average molecular weight is 234 g/mol. The largest absolute Gasteiger partial charge is 0.493 e. The van der Waals surface area contributed by atoms with Crippen LogP contribution < -0.4 is 9.47 Å². The molecule has 1 aromatic carbocycles. The van der Waals surface area contributed by atoms with E-state index in [0.29, 0.717) is 24.5 Å². The lowest BCUT2D eigenvalue weighted by atomic mass is 10.1. The minimum atomic E-state index is -0.935. The summed E-state index contributed by atoms with van der Waals surface area (Å²) in [4.78, 5) is 10.8. The Labute approximate surface area is 99.5 Å². The summed E-state index contributed by atoms with van der Waals surface area (Å²) in [5.74, 6) is 0.362. The van der Waals surface area contributed by atoms with Gasteiger partial charge in [0.05, 0.1) is 6.61 Å². The molecule has 0 radical (unpaired) electrons. The summed E-state index contributed by atoms with van der Waals surface area (Å²) in [7, 11) is 0. The molecular weight excluding hydrogens is 220 g/mol. The number of carboxylic acid groups (broad SMARTS) is 1. The smallest absolute Gasteiger partial charge is 0.345 e. The first-order chi connectivity index (χ1) is 8.20. The Morgan fingerprint density at radius 2 is 2.47 bits per heavy atom. The summed E-state index contributed by atoms with van der Waals surface area (Å²) >= 11 is 0. The number of carboxylic acids is 1. The Morgan fingerprint density at radius 1 is 1.65 bits per heavy atom. The lowest BCUT2D eigenvalue weighted by molar-refractivity contribution is -0.144. The van der Waals surface area contributed by atoms with Gasteiger partial charge in [-0.2, -0.15) is 0 Å². The molecular formula is C13H14O4. The van der Waals surface area contributed by atoms with Crippen molar-refractivity contribution in [2.75, 3.05) is 6.61 Å². The van der Waals surface area contributed by atoms with Gasteiger partial charge in [-0.25, -0.2) is 4.79 Å². The second-order valence-electron chi connectivity index (χ2n) is 3.84. The highest BCUT2D eigenvalue weighted by Crippen LogP contribution is 2.32. The third-order valence-electron chi connectivity index (χ3n) is 2.58. The summed E-state index contributed by atoms with van der Waals surface area (Å²) in [6, 6.07) is 5.42. The molecule has 0 aliphatic carbocycles. The van der Waals surface area contributed by atoms with Crippen molar-refractivity contribution in [3.8, 4) is 11.5 Å². The summed E-state index contributed by atoms with van der Waals surface area (Å²) in [6.45, 7) is 4.17. The van der Waals surface area contributed by atoms with Crippen LogP contribution >= 0.6 is 0 Å². The van der Waals surface area contributed by atoms with Crippen molar-refractivity contribution in [1.29, 1.82) is 0 Å². The molecule has 4 nitrogen and oxygen atoms in total. The minimum Gasteiger partial charge on any atom is -0.493 e. The van der Waals surface area contributed by atoms with E-state index >= 15 is 0 Å². The molecule has 1 atom stereocenters. The quantitative estimate of drug-likeness (QED) is 0.625. The van der Waals surface area contributed by atoms with Gasteiger partial charge in [-0.3, -0.25) is 0 Å². The van der Waals surface area contributed by atoms with Crippen molar-refractivity contribution >= 4 is 5.97 Å². The molecule has 1 unspecified atom stereocenters. The van der Waals surface area contributed by atoms with Crippen molar-refractivity contribution in [3.63, 3.8) is 0 Å². The van der Waals surface area contributed by atoms with Crippen LogP contribution in [0.4, 0.5) is 0 Å². The van der Waals surface area contributed by atoms with Crippen molar-refractivity contribution in [2.24, 2.45) is 0 Å². The van der Waals surface area contributed by atoms with Gasteiger partial charge < -0.3 is 14.6 Å². The van der Waals surface area contributed by atoms with Crippen LogP contribution in [0.2, 0.25) is 0 Å². The molecule has 90 valence electrons. The van der Waals surface area contributed by atoms with Gasteiger partial charge in [-0.15, -0.1) is 6.58 Å². The number of hydrogen-bond acceptors (Lipinski definition) is 3. The fraction of sp³-hybridized carbons (Fsp3) is 0.308. The highest BCUT2D eigenvalue weighted by atomic mass is 16.5. The van der Waals surface area contributed by atoms with Gasteiger partial charge in [0, 0.05) is 12.5 Å². The molecule has 0 saturated heterocycles. The Bertz CT molecular complexity index is 439. The molecule has 0 bridgehead atoms. The van der Waals surface area contributed by atoms with E-state index in [0.717, 1.165) is 12.0 Å². The molecule has 0 aromatic heterocycles. The van der Waals surface area contributed by atoms with Gasteiger partial charge in [-0.1, -0.05) is 12.1 Å². The van der Waals surface area contributed by atoms with Crippen LogP contribution in [-0.2, 0) is 11.2 Å². The molecule has 1 aliphatic rings. The summed E-state index contributed by atoms with van der Waals surface area (Å²) in [5.41, 5.74) is 0.911. The fourth-order valence-electron chi connectivity index (χ4n) is 1.70. The van der Waals surface area contributed by atoms with Gasteiger partial charge in [0.1, 0.15) is 11.5 Å². The SMILES string of the molecule is C=CCCOc1ccc2c(c1)OC(C(=O)O)C2. The van der Waals surface area contributed by atoms with E-state index in [9.17, 15) is 4.79 Å². The zero-order valence-electron chi connectivity index (χ0n) is 9.39. The normalized spacial score (nSPS) is 17.1. The maximum atomic E-state index is 10.8. The first-order valence-corrected chi connectivity index (χ1v) is 5.47. The van der Waals surface area contributed by atoms with Crippen molar-refractivity contribution in [2.45, 2.75) is 18.9 Å². The second-order valence-corrected chi connectivity index (χ2v) is 3.84. The van der Waals surface area contributed by atoms with E-state index in [1.807, 2.05) is 12.1 Å². The van der Waals surface area contributed by atoms with Crippen molar-refractivity contribution < 1.29 is 19.4 Å². The number of ether oxygens (including phenoxy) is 2. The van der Waals surface area contributed by atoms with Crippen molar-refractivity contribution in [3.05, 3.63) is 36.4 Å². The molecule has 0 saturated carbocycles. The monoisotopic (exact) mass is 234 g/mol. The zero-order valence-corrected chi connectivity index (χ0v) is 9.39. The Kier molecular flexibility index (Phi) is 3.32. The van der Waals surface area contributed by atoms with E-state index in [4.69, 9.17) is 14.6 Å². The molecule has 0 amide bonds. The van der Waals surface area contributed by atoms with Crippen LogP contribution in [0, 0.1) is 0 Å². The van der Waals surface area contributed by atoms with E-state index in [2.05, 4.69) is 6.58 Å². The van der Waals surface area contributed by atoms with Crippen LogP contribution in [0.1, 0.15) is 12.0 Å². The number of benzene rings is 1. The summed E-state index contributed by atoms with van der Waals surface area (Å²) in [5, 5.41) is 8.86. The van der Waals surface area contributed by atoms with Gasteiger partial charge in [0.2, 0.25) is 0 Å². The molecule has 0 spiro atoms. The van der Waals surface area contributed by atoms with E-state index in [1.165, 1.54) is 0 Å². The van der Waals surface area contributed by atoms with E-state index in [-0.39, 0.29) is 0 Å². The molecule has 17 heavy (non-hydrogen) atoms. The van der Waals surface area contributed by atoms with Crippen LogP contribution in [0.15, 0.2) is 30.9 Å². The highest BCUT2D eigenvalue weighted by Gasteiger charge is 2.28. The predicted octanol–water partition coefficient (Wildman–Crippen LogP) is 2.03. The molecule has 1 heterocycles. The molecule has 4 heteroatoms. The number of rotatable bonds is 5. The second kappa shape index (κ2) is 4.91. The van der Waals surface area contributed by atoms with Gasteiger partial charge in [0.15, 0.2) is 6.10 Å². The first kappa shape index (κ1) is 11.5. The Balaban J connectivity index is 2.04. The minimum absolute atomic E-state index is 0.414. The fourth-order valence-corrected chi connectivity index (χ4v) is 1.70. The lowest BCUT2D eigenvalue weighted by Gasteiger charge is -2.07. The Hall–Kier alpha value is -1.97. The molecule has 2 rings (SSSR count). The molecule has 1 aliphatic heterocycles.